The van der Waals surface area contributed by atoms with E-state index < -0.39 is 0 Å². The molecule has 1 fully saturated rings. The standard InChI is InChI=1S/C18H22N2O2/c1-14-4-6-15(7-5-14)13-22-18-9-17(10-19-11-18)20-8-2-3-16(20)12-21/h4-7,9-11,16,21H,2-3,8,12-13H2,1H3/t16-/m1/s1. The number of pyridine rings is 1. The Labute approximate surface area is 131 Å². The Hall–Kier alpha value is -2.07. The van der Waals surface area contributed by atoms with Crippen LogP contribution in [-0.2, 0) is 6.61 Å². The van der Waals surface area contributed by atoms with E-state index in [1.165, 1.54) is 5.56 Å². The van der Waals surface area contributed by atoms with Crippen molar-refractivity contribution in [1.29, 1.82) is 0 Å². The summed E-state index contributed by atoms with van der Waals surface area (Å²) in [5.41, 5.74) is 3.42. The molecule has 1 aliphatic heterocycles. The molecule has 1 aromatic carbocycles. The number of nitrogens with zero attached hydrogens (tertiary/aromatic N) is 2. The van der Waals surface area contributed by atoms with Gasteiger partial charge in [0, 0.05) is 12.6 Å². The predicted molar refractivity (Wildman–Crippen MR) is 87.2 cm³/mol. The molecule has 1 aliphatic rings. The van der Waals surface area contributed by atoms with Crippen molar-refractivity contribution in [2.45, 2.75) is 32.4 Å². The summed E-state index contributed by atoms with van der Waals surface area (Å²) in [7, 11) is 0. The van der Waals surface area contributed by atoms with Crippen LogP contribution >= 0.6 is 0 Å². The van der Waals surface area contributed by atoms with Crippen LogP contribution in [-0.4, -0.2) is 29.3 Å². The van der Waals surface area contributed by atoms with Crippen LogP contribution in [0.4, 0.5) is 5.69 Å². The van der Waals surface area contributed by atoms with Gasteiger partial charge in [-0.3, -0.25) is 4.98 Å². The van der Waals surface area contributed by atoms with E-state index in [1.54, 1.807) is 6.20 Å². The summed E-state index contributed by atoms with van der Waals surface area (Å²) >= 11 is 0. The number of hydrogen-bond donors (Lipinski definition) is 1. The molecular formula is C18H22N2O2. The summed E-state index contributed by atoms with van der Waals surface area (Å²) in [6.45, 7) is 3.77. The van der Waals surface area contributed by atoms with Crippen LogP contribution in [0, 0.1) is 6.92 Å². The van der Waals surface area contributed by atoms with Crippen molar-refractivity contribution in [2.75, 3.05) is 18.1 Å². The number of aryl methyl sites for hydroxylation is 1. The fourth-order valence-electron chi connectivity index (χ4n) is 2.86. The van der Waals surface area contributed by atoms with Crippen molar-refractivity contribution in [3.63, 3.8) is 0 Å². The van der Waals surface area contributed by atoms with Gasteiger partial charge < -0.3 is 14.7 Å². The number of rotatable bonds is 5. The highest BCUT2D eigenvalue weighted by Crippen LogP contribution is 2.27. The number of aliphatic hydroxyl groups excluding tert-OH is 1. The second-order valence-electron chi connectivity index (χ2n) is 5.83. The first-order valence-corrected chi connectivity index (χ1v) is 7.77. The third-order valence-electron chi connectivity index (χ3n) is 4.14. The van der Waals surface area contributed by atoms with Crippen LogP contribution in [0.25, 0.3) is 0 Å². The van der Waals surface area contributed by atoms with Crippen molar-refractivity contribution in [3.05, 3.63) is 53.9 Å². The average molecular weight is 298 g/mol. The molecule has 0 radical (unpaired) electrons. The van der Waals surface area contributed by atoms with Gasteiger partial charge in [0.15, 0.2) is 0 Å². The second kappa shape index (κ2) is 6.79. The Kier molecular flexibility index (Phi) is 4.59. The van der Waals surface area contributed by atoms with Gasteiger partial charge in [0.25, 0.3) is 0 Å². The predicted octanol–water partition coefficient (Wildman–Crippen LogP) is 2.93. The number of anilines is 1. The molecule has 0 unspecified atom stereocenters. The largest absolute Gasteiger partial charge is 0.487 e. The van der Waals surface area contributed by atoms with Gasteiger partial charge in [0.05, 0.1) is 30.7 Å². The number of hydrogen-bond acceptors (Lipinski definition) is 4. The second-order valence-corrected chi connectivity index (χ2v) is 5.83. The maximum absolute atomic E-state index is 9.45. The molecule has 0 spiro atoms. The Balaban J connectivity index is 1.67. The molecule has 0 amide bonds. The molecule has 22 heavy (non-hydrogen) atoms. The maximum atomic E-state index is 9.45. The van der Waals surface area contributed by atoms with Crippen LogP contribution < -0.4 is 9.64 Å². The van der Waals surface area contributed by atoms with Gasteiger partial charge >= 0.3 is 0 Å². The normalized spacial score (nSPS) is 17.7. The molecular weight excluding hydrogens is 276 g/mol. The van der Waals surface area contributed by atoms with Gasteiger partial charge in [0.2, 0.25) is 0 Å². The highest BCUT2D eigenvalue weighted by atomic mass is 16.5. The molecule has 4 heteroatoms. The van der Waals surface area contributed by atoms with Gasteiger partial charge in [0.1, 0.15) is 12.4 Å². The van der Waals surface area contributed by atoms with Gasteiger partial charge in [-0.05, 0) is 25.3 Å². The first-order chi connectivity index (χ1) is 10.8. The van der Waals surface area contributed by atoms with E-state index in [-0.39, 0.29) is 12.6 Å². The number of ether oxygens (including phenoxy) is 1. The Morgan fingerprint density at radius 2 is 2.09 bits per heavy atom. The number of benzene rings is 1. The highest BCUT2D eigenvalue weighted by molar-refractivity contribution is 5.50. The lowest BCUT2D eigenvalue weighted by molar-refractivity contribution is 0.266. The third-order valence-corrected chi connectivity index (χ3v) is 4.14. The molecule has 116 valence electrons. The molecule has 2 aromatic rings. The summed E-state index contributed by atoms with van der Waals surface area (Å²) in [5, 5.41) is 9.45. The molecule has 1 N–H and O–H groups in total. The summed E-state index contributed by atoms with van der Waals surface area (Å²) in [4.78, 5) is 6.49. The van der Waals surface area contributed by atoms with Crippen molar-refractivity contribution in [3.8, 4) is 5.75 Å². The van der Waals surface area contributed by atoms with Crippen LogP contribution in [0.3, 0.4) is 0 Å². The zero-order chi connectivity index (χ0) is 15.4. The SMILES string of the molecule is Cc1ccc(COc2cncc(N3CCC[C@@H]3CO)c2)cc1. The molecule has 1 atom stereocenters. The molecule has 0 saturated carbocycles. The molecule has 1 aromatic heterocycles. The van der Waals surface area contributed by atoms with Crippen molar-refractivity contribution in [1.82, 2.24) is 4.98 Å². The van der Waals surface area contributed by atoms with Crippen LogP contribution in [0.2, 0.25) is 0 Å². The topological polar surface area (TPSA) is 45.6 Å². The quantitative estimate of drug-likeness (QED) is 0.922. The van der Waals surface area contributed by atoms with E-state index in [2.05, 4.69) is 41.1 Å². The lowest BCUT2D eigenvalue weighted by Gasteiger charge is -2.25. The van der Waals surface area contributed by atoms with Crippen molar-refractivity contribution >= 4 is 5.69 Å². The van der Waals surface area contributed by atoms with E-state index in [0.29, 0.717) is 6.61 Å². The van der Waals surface area contributed by atoms with Crippen molar-refractivity contribution in [2.24, 2.45) is 0 Å². The van der Waals surface area contributed by atoms with E-state index in [0.717, 1.165) is 36.4 Å². The van der Waals surface area contributed by atoms with Gasteiger partial charge in [-0.2, -0.15) is 0 Å². The summed E-state index contributed by atoms with van der Waals surface area (Å²) < 4.78 is 5.85. The number of aromatic nitrogens is 1. The zero-order valence-electron chi connectivity index (χ0n) is 12.9. The highest BCUT2D eigenvalue weighted by Gasteiger charge is 2.24. The van der Waals surface area contributed by atoms with E-state index in [9.17, 15) is 5.11 Å². The van der Waals surface area contributed by atoms with Crippen LogP contribution in [0.15, 0.2) is 42.7 Å². The minimum Gasteiger partial charge on any atom is -0.487 e. The maximum Gasteiger partial charge on any atom is 0.140 e. The molecule has 1 saturated heterocycles. The average Bonchev–Trinajstić information content (AvgIpc) is 3.03. The monoisotopic (exact) mass is 298 g/mol. The van der Waals surface area contributed by atoms with Crippen molar-refractivity contribution < 1.29 is 9.84 Å². The summed E-state index contributed by atoms with van der Waals surface area (Å²) in [6.07, 6.45) is 5.72. The molecule has 0 bridgehead atoms. The lowest BCUT2D eigenvalue weighted by atomic mass is 10.2. The Morgan fingerprint density at radius 3 is 2.86 bits per heavy atom. The van der Waals surface area contributed by atoms with E-state index in [1.807, 2.05) is 12.3 Å². The van der Waals surface area contributed by atoms with E-state index in [4.69, 9.17) is 4.74 Å². The molecule has 0 aliphatic carbocycles. The summed E-state index contributed by atoms with van der Waals surface area (Å²) in [6, 6.07) is 10.5. The minimum atomic E-state index is 0.189. The smallest absolute Gasteiger partial charge is 0.140 e. The molecule has 3 rings (SSSR count). The Morgan fingerprint density at radius 1 is 1.27 bits per heavy atom. The zero-order valence-corrected chi connectivity index (χ0v) is 12.9. The van der Waals surface area contributed by atoms with Gasteiger partial charge in [-0.1, -0.05) is 29.8 Å². The van der Waals surface area contributed by atoms with Crippen LogP contribution in [0.5, 0.6) is 5.75 Å². The van der Waals surface area contributed by atoms with Crippen LogP contribution in [0.1, 0.15) is 24.0 Å². The van der Waals surface area contributed by atoms with E-state index >= 15 is 0 Å². The minimum absolute atomic E-state index is 0.189. The van der Waals surface area contributed by atoms with Gasteiger partial charge in [-0.25, -0.2) is 0 Å². The Bertz CT molecular complexity index is 613. The van der Waals surface area contributed by atoms with Gasteiger partial charge in [-0.15, -0.1) is 0 Å². The molecule has 2 heterocycles. The third kappa shape index (κ3) is 3.39. The first-order valence-electron chi connectivity index (χ1n) is 7.77. The summed E-state index contributed by atoms with van der Waals surface area (Å²) in [5.74, 6) is 0.765. The fraction of sp³-hybridized carbons (Fsp3) is 0.389. The molecule has 4 nitrogen and oxygen atoms in total. The number of aliphatic hydroxyl groups is 1. The first kappa shape index (κ1) is 14.9. The fourth-order valence-corrected chi connectivity index (χ4v) is 2.86. The lowest BCUT2D eigenvalue weighted by Crippen LogP contribution is -2.32.